The third-order valence-corrected chi connectivity index (χ3v) is 2.42. The lowest BCUT2D eigenvalue weighted by Crippen LogP contribution is -2.01. The normalized spacial score (nSPS) is 9.95. The van der Waals surface area contributed by atoms with Gasteiger partial charge in [-0.1, -0.05) is 5.21 Å². The Hall–Kier alpha value is -3.28. The van der Waals surface area contributed by atoms with E-state index in [4.69, 9.17) is 10.4 Å². The molecule has 1 heterocycles. The Morgan fingerprint density at radius 3 is 2.90 bits per heavy atom. The van der Waals surface area contributed by atoms with Crippen molar-refractivity contribution in [1.29, 1.82) is 5.26 Å². The number of carboxylic acid groups (broad SMARTS) is 1. The summed E-state index contributed by atoms with van der Waals surface area (Å²) >= 11 is 0. The summed E-state index contributed by atoms with van der Waals surface area (Å²) in [4.78, 5) is 20.9. The van der Waals surface area contributed by atoms with Gasteiger partial charge in [0, 0.05) is 6.07 Å². The number of hydrogen-bond donors (Lipinski definition) is 1. The van der Waals surface area contributed by atoms with Gasteiger partial charge in [0.1, 0.15) is 5.69 Å². The van der Waals surface area contributed by atoms with Crippen LogP contribution >= 0.6 is 0 Å². The zero-order valence-corrected chi connectivity index (χ0v) is 9.92. The molecule has 0 bridgehead atoms. The number of nitriles is 1. The highest BCUT2D eigenvalue weighted by atomic mass is 16.6. The van der Waals surface area contributed by atoms with E-state index < -0.39 is 10.9 Å². The maximum atomic E-state index is 11.0. The number of nitro benzene ring substituents is 1. The zero-order chi connectivity index (χ0) is 14.7. The Kier molecular flexibility index (Phi) is 3.39. The molecule has 100 valence electrons. The lowest BCUT2D eigenvalue weighted by Gasteiger charge is -2.01. The van der Waals surface area contributed by atoms with Crippen molar-refractivity contribution in [2.45, 2.75) is 6.42 Å². The highest BCUT2D eigenvalue weighted by Gasteiger charge is 2.18. The van der Waals surface area contributed by atoms with E-state index in [-0.39, 0.29) is 29.1 Å². The third-order valence-electron chi connectivity index (χ3n) is 2.42. The average Bonchev–Trinajstić information content (AvgIpc) is 2.85. The highest BCUT2D eigenvalue weighted by Crippen LogP contribution is 2.23. The lowest BCUT2D eigenvalue weighted by atomic mass is 10.2. The molecule has 0 aliphatic rings. The minimum atomic E-state index is -1.08. The number of nitrogens with zero attached hydrogens (tertiary/aromatic N) is 5. The van der Waals surface area contributed by atoms with Gasteiger partial charge in [-0.05, 0) is 12.1 Å². The van der Waals surface area contributed by atoms with Crippen molar-refractivity contribution < 1.29 is 14.8 Å². The van der Waals surface area contributed by atoms with Gasteiger partial charge in [-0.2, -0.15) is 5.26 Å². The highest BCUT2D eigenvalue weighted by molar-refractivity contribution is 5.69. The molecule has 0 atom stereocenters. The van der Waals surface area contributed by atoms with Crippen molar-refractivity contribution in [3.63, 3.8) is 0 Å². The van der Waals surface area contributed by atoms with Gasteiger partial charge in [-0.15, -0.1) is 5.10 Å². The monoisotopic (exact) mass is 273 g/mol. The molecule has 0 radical (unpaired) electrons. The summed E-state index contributed by atoms with van der Waals surface area (Å²) in [5, 5.41) is 35.6. The summed E-state index contributed by atoms with van der Waals surface area (Å²) in [6.07, 6.45) is 0.965. The molecule has 0 aliphatic carbocycles. The van der Waals surface area contributed by atoms with Gasteiger partial charge in [0.05, 0.1) is 34.9 Å². The van der Waals surface area contributed by atoms with E-state index >= 15 is 0 Å². The van der Waals surface area contributed by atoms with Crippen LogP contribution in [0.1, 0.15) is 11.3 Å². The van der Waals surface area contributed by atoms with Crippen molar-refractivity contribution >= 4 is 11.7 Å². The van der Waals surface area contributed by atoms with Crippen molar-refractivity contribution in [1.82, 2.24) is 15.0 Å². The summed E-state index contributed by atoms with van der Waals surface area (Å²) in [7, 11) is 0. The molecule has 0 saturated carbocycles. The summed E-state index contributed by atoms with van der Waals surface area (Å²) in [5.74, 6) is -1.08. The standard InChI is InChI=1S/C11H7N5O4/c12-5-7-1-2-9(10(3-7)16(19)20)15-6-8(13-14-15)4-11(17)18/h1-3,6H,4H2,(H,17,18). The number of rotatable bonds is 4. The van der Waals surface area contributed by atoms with Crippen LogP contribution in [0.15, 0.2) is 24.4 Å². The van der Waals surface area contributed by atoms with Crippen molar-refractivity contribution in [3.8, 4) is 11.8 Å². The van der Waals surface area contributed by atoms with Gasteiger partial charge in [-0.3, -0.25) is 14.9 Å². The van der Waals surface area contributed by atoms with Gasteiger partial charge >= 0.3 is 5.97 Å². The average molecular weight is 273 g/mol. The Balaban J connectivity index is 2.47. The van der Waals surface area contributed by atoms with Crippen LogP contribution in [0.2, 0.25) is 0 Å². The molecule has 0 spiro atoms. The Labute approximate surface area is 111 Å². The van der Waals surface area contributed by atoms with E-state index in [0.717, 1.165) is 10.7 Å². The molecule has 0 unspecified atom stereocenters. The van der Waals surface area contributed by atoms with Crippen LogP contribution in [0.4, 0.5) is 5.69 Å². The van der Waals surface area contributed by atoms with E-state index in [2.05, 4.69) is 10.3 Å². The fraction of sp³-hybridized carbons (Fsp3) is 0.0909. The Bertz CT molecular complexity index is 731. The van der Waals surface area contributed by atoms with E-state index in [9.17, 15) is 14.9 Å². The molecule has 2 rings (SSSR count). The second kappa shape index (κ2) is 5.15. The summed E-state index contributed by atoms with van der Waals surface area (Å²) in [6.45, 7) is 0. The van der Waals surface area contributed by atoms with E-state index in [0.29, 0.717) is 0 Å². The second-order valence-electron chi connectivity index (χ2n) is 3.80. The Morgan fingerprint density at radius 1 is 1.55 bits per heavy atom. The summed E-state index contributed by atoms with van der Waals surface area (Å²) < 4.78 is 1.11. The molecule has 9 heteroatoms. The van der Waals surface area contributed by atoms with Crippen LogP contribution < -0.4 is 0 Å². The molecule has 0 saturated heterocycles. The first-order valence-electron chi connectivity index (χ1n) is 5.33. The van der Waals surface area contributed by atoms with Crippen LogP contribution in [-0.2, 0) is 11.2 Å². The van der Waals surface area contributed by atoms with Gasteiger partial charge in [-0.25, -0.2) is 4.68 Å². The molecule has 20 heavy (non-hydrogen) atoms. The molecular formula is C11H7N5O4. The van der Waals surface area contributed by atoms with Crippen LogP contribution in [0.3, 0.4) is 0 Å². The second-order valence-corrected chi connectivity index (χ2v) is 3.80. The van der Waals surface area contributed by atoms with Gasteiger partial charge < -0.3 is 5.11 Å². The van der Waals surface area contributed by atoms with Gasteiger partial charge in [0.2, 0.25) is 0 Å². The van der Waals surface area contributed by atoms with Crippen LogP contribution in [-0.4, -0.2) is 31.0 Å². The molecule has 0 fully saturated rings. The Morgan fingerprint density at radius 2 is 2.30 bits per heavy atom. The molecule has 0 amide bonds. The maximum absolute atomic E-state index is 11.0. The van der Waals surface area contributed by atoms with Gasteiger partial charge in [0.15, 0.2) is 0 Å². The van der Waals surface area contributed by atoms with E-state index in [1.807, 2.05) is 0 Å². The first kappa shape index (κ1) is 13.2. The van der Waals surface area contributed by atoms with Crippen LogP contribution in [0.5, 0.6) is 0 Å². The number of aromatic nitrogens is 3. The topological polar surface area (TPSA) is 135 Å². The molecule has 1 aromatic heterocycles. The van der Waals surface area contributed by atoms with Crippen molar-refractivity contribution in [2.24, 2.45) is 0 Å². The first-order valence-corrected chi connectivity index (χ1v) is 5.33. The van der Waals surface area contributed by atoms with Crippen molar-refractivity contribution in [3.05, 3.63) is 45.8 Å². The van der Waals surface area contributed by atoms with Crippen LogP contribution in [0.25, 0.3) is 5.69 Å². The van der Waals surface area contributed by atoms with E-state index in [1.165, 1.54) is 18.3 Å². The van der Waals surface area contributed by atoms with Crippen molar-refractivity contribution in [2.75, 3.05) is 0 Å². The smallest absolute Gasteiger partial charge is 0.309 e. The minimum absolute atomic E-state index is 0.109. The molecule has 1 aromatic carbocycles. The summed E-state index contributed by atoms with van der Waals surface area (Å²) in [6, 6.07) is 5.68. The zero-order valence-electron chi connectivity index (χ0n) is 9.92. The fourth-order valence-electron chi connectivity index (χ4n) is 1.59. The fourth-order valence-corrected chi connectivity index (χ4v) is 1.59. The lowest BCUT2D eigenvalue weighted by molar-refractivity contribution is -0.384. The molecule has 2 aromatic rings. The molecule has 1 N–H and O–H groups in total. The number of nitro groups is 1. The minimum Gasteiger partial charge on any atom is -0.481 e. The quantitative estimate of drug-likeness (QED) is 0.638. The molecular weight excluding hydrogens is 266 g/mol. The largest absolute Gasteiger partial charge is 0.481 e. The van der Waals surface area contributed by atoms with E-state index in [1.54, 1.807) is 6.07 Å². The maximum Gasteiger partial charge on any atom is 0.309 e. The first-order chi connectivity index (χ1) is 9.51. The number of hydrogen-bond acceptors (Lipinski definition) is 6. The number of aliphatic carboxylic acids is 1. The number of carboxylic acids is 1. The predicted octanol–water partition coefficient (Wildman–Crippen LogP) is 0.674. The third kappa shape index (κ3) is 2.59. The number of carbonyl (C=O) groups is 1. The molecule has 9 nitrogen and oxygen atoms in total. The SMILES string of the molecule is N#Cc1ccc(-n2cc(CC(=O)O)nn2)c([N+](=O)[O-])c1. The number of benzene rings is 1. The molecule has 0 aliphatic heterocycles. The van der Waals surface area contributed by atoms with Gasteiger partial charge in [0.25, 0.3) is 5.69 Å². The predicted molar refractivity (Wildman–Crippen MR) is 64.1 cm³/mol. The van der Waals surface area contributed by atoms with Crippen LogP contribution in [0, 0.1) is 21.4 Å². The summed E-state index contributed by atoms with van der Waals surface area (Å²) in [5.41, 5.74) is 0.122.